The molecule has 20 heavy (non-hydrogen) atoms. The molecule has 1 heterocycles. The number of pyridine rings is 1. The smallest absolute Gasteiger partial charge is 0.262 e. The summed E-state index contributed by atoms with van der Waals surface area (Å²) in [7, 11) is 0. The molecule has 0 atom stereocenters. The highest BCUT2D eigenvalue weighted by Gasteiger charge is 2.12. The molecule has 1 aromatic carbocycles. The Morgan fingerprint density at radius 3 is 2.75 bits per heavy atom. The van der Waals surface area contributed by atoms with Crippen molar-refractivity contribution < 1.29 is 13.9 Å². The van der Waals surface area contributed by atoms with Crippen LogP contribution in [-0.2, 0) is 6.54 Å². The van der Waals surface area contributed by atoms with Crippen molar-refractivity contribution in [1.29, 1.82) is 0 Å². The number of halogens is 1. The van der Waals surface area contributed by atoms with Crippen LogP contribution in [0.4, 0.5) is 4.39 Å². The number of hydrogen-bond donors (Lipinski definition) is 1. The summed E-state index contributed by atoms with van der Waals surface area (Å²) >= 11 is 0. The van der Waals surface area contributed by atoms with E-state index in [1.807, 2.05) is 6.92 Å². The first kappa shape index (κ1) is 14.3. The number of aromatic nitrogens is 1. The Hall–Kier alpha value is -2.14. The van der Waals surface area contributed by atoms with Crippen molar-refractivity contribution in [2.75, 3.05) is 6.61 Å². The maximum Gasteiger partial charge on any atom is 0.262 e. The third kappa shape index (κ3) is 3.24. The average Bonchev–Trinajstić information content (AvgIpc) is 2.47. The van der Waals surface area contributed by atoms with Gasteiger partial charge in [0, 0.05) is 18.3 Å². The van der Waals surface area contributed by atoms with Gasteiger partial charge < -0.3 is 15.2 Å². The number of hydrogen-bond acceptors (Lipinski definition) is 4. The van der Waals surface area contributed by atoms with E-state index in [0.29, 0.717) is 29.5 Å². The quantitative estimate of drug-likeness (QED) is 0.879. The van der Waals surface area contributed by atoms with Crippen LogP contribution in [0.25, 0.3) is 0 Å². The van der Waals surface area contributed by atoms with Crippen LogP contribution in [0.1, 0.15) is 18.9 Å². The minimum atomic E-state index is -0.392. The van der Waals surface area contributed by atoms with Crippen LogP contribution in [0.15, 0.2) is 36.5 Å². The van der Waals surface area contributed by atoms with Gasteiger partial charge >= 0.3 is 0 Å². The van der Waals surface area contributed by atoms with Crippen LogP contribution in [0.2, 0.25) is 0 Å². The zero-order chi connectivity index (χ0) is 14.4. The van der Waals surface area contributed by atoms with E-state index in [9.17, 15) is 4.39 Å². The Bertz CT molecular complexity index is 576. The molecule has 0 bridgehead atoms. The molecule has 4 nitrogen and oxygen atoms in total. The molecule has 0 aliphatic heterocycles. The monoisotopic (exact) mass is 276 g/mol. The van der Waals surface area contributed by atoms with E-state index in [1.54, 1.807) is 30.5 Å². The van der Waals surface area contributed by atoms with Crippen LogP contribution >= 0.6 is 0 Å². The van der Waals surface area contributed by atoms with Gasteiger partial charge in [0.05, 0.1) is 6.61 Å². The Kier molecular flexibility index (Phi) is 4.90. The molecular weight excluding hydrogens is 259 g/mol. The molecule has 0 amide bonds. The van der Waals surface area contributed by atoms with Gasteiger partial charge in [-0.1, -0.05) is 13.0 Å². The van der Waals surface area contributed by atoms with Gasteiger partial charge in [-0.3, -0.25) is 0 Å². The second-order valence-corrected chi connectivity index (χ2v) is 4.18. The van der Waals surface area contributed by atoms with Crippen LogP contribution in [-0.4, -0.2) is 11.6 Å². The van der Waals surface area contributed by atoms with Gasteiger partial charge in [0.15, 0.2) is 5.75 Å². The standard InChI is InChI=1S/C15H17FN2O2/c1-2-9-19-14-7-4-8-18-15(14)20-13-6-3-5-12(16)11(13)10-17/h3-8H,2,9-10,17H2,1H3. The third-order valence-corrected chi connectivity index (χ3v) is 2.68. The number of ether oxygens (including phenoxy) is 2. The summed E-state index contributed by atoms with van der Waals surface area (Å²) < 4.78 is 24.8. The zero-order valence-corrected chi connectivity index (χ0v) is 11.3. The Morgan fingerprint density at radius 2 is 2.00 bits per heavy atom. The van der Waals surface area contributed by atoms with Gasteiger partial charge in [0.25, 0.3) is 5.88 Å². The molecule has 0 aliphatic carbocycles. The molecule has 0 aliphatic rings. The van der Waals surface area contributed by atoms with E-state index >= 15 is 0 Å². The molecule has 1 aromatic heterocycles. The molecule has 0 saturated carbocycles. The van der Waals surface area contributed by atoms with Crippen LogP contribution in [0, 0.1) is 5.82 Å². The first-order valence-corrected chi connectivity index (χ1v) is 6.49. The molecule has 2 aromatic rings. The number of nitrogens with zero attached hydrogens (tertiary/aromatic N) is 1. The van der Waals surface area contributed by atoms with Crippen LogP contribution in [0.5, 0.6) is 17.4 Å². The normalized spacial score (nSPS) is 10.3. The largest absolute Gasteiger partial charge is 0.488 e. The highest BCUT2D eigenvalue weighted by Crippen LogP contribution is 2.31. The van der Waals surface area contributed by atoms with Gasteiger partial charge in [0.1, 0.15) is 11.6 Å². The lowest BCUT2D eigenvalue weighted by atomic mass is 10.2. The molecule has 0 fully saturated rings. The summed E-state index contributed by atoms with van der Waals surface area (Å²) in [5.41, 5.74) is 5.87. The summed E-state index contributed by atoms with van der Waals surface area (Å²) in [6, 6.07) is 8.09. The van der Waals surface area contributed by atoms with E-state index in [2.05, 4.69) is 4.98 Å². The van der Waals surface area contributed by atoms with E-state index < -0.39 is 5.82 Å². The molecule has 0 spiro atoms. The predicted molar refractivity (Wildman–Crippen MR) is 74.4 cm³/mol. The summed E-state index contributed by atoms with van der Waals surface area (Å²) in [6.45, 7) is 2.63. The molecule has 0 saturated heterocycles. The third-order valence-electron chi connectivity index (χ3n) is 2.68. The number of nitrogens with two attached hydrogens (primary N) is 1. The second kappa shape index (κ2) is 6.86. The maximum atomic E-state index is 13.6. The molecule has 0 radical (unpaired) electrons. The van der Waals surface area contributed by atoms with Gasteiger partial charge in [-0.25, -0.2) is 9.37 Å². The predicted octanol–water partition coefficient (Wildman–Crippen LogP) is 3.26. The topological polar surface area (TPSA) is 57.4 Å². The first-order chi connectivity index (χ1) is 9.76. The van der Waals surface area contributed by atoms with Gasteiger partial charge in [-0.15, -0.1) is 0 Å². The van der Waals surface area contributed by atoms with Crippen molar-refractivity contribution in [3.63, 3.8) is 0 Å². The minimum Gasteiger partial charge on any atom is -0.488 e. The lowest BCUT2D eigenvalue weighted by Gasteiger charge is -2.13. The maximum absolute atomic E-state index is 13.6. The highest BCUT2D eigenvalue weighted by molar-refractivity contribution is 5.41. The molecule has 2 N–H and O–H groups in total. The van der Waals surface area contributed by atoms with Gasteiger partial charge in [0.2, 0.25) is 0 Å². The average molecular weight is 276 g/mol. The lowest BCUT2D eigenvalue weighted by molar-refractivity contribution is 0.297. The van der Waals surface area contributed by atoms with E-state index in [1.165, 1.54) is 6.07 Å². The highest BCUT2D eigenvalue weighted by atomic mass is 19.1. The fourth-order valence-electron chi connectivity index (χ4n) is 1.71. The van der Waals surface area contributed by atoms with E-state index in [4.69, 9.17) is 15.2 Å². The number of benzene rings is 1. The van der Waals surface area contributed by atoms with E-state index in [0.717, 1.165) is 6.42 Å². The number of rotatable bonds is 6. The summed E-state index contributed by atoms with van der Waals surface area (Å²) in [4.78, 5) is 4.12. The first-order valence-electron chi connectivity index (χ1n) is 6.49. The van der Waals surface area contributed by atoms with Crippen molar-refractivity contribution in [3.05, 3.63) is 47.9 Å². The molecule has 5 heteroatoms. The Labute approximate surface area is 117 Å². The van der Waals surface area contributed by atoms with Gasteiger partial charge in [-0.2, -0.15) is 0 Å². The van der Waals surface area contributed by atoms with Crippen molar-refractivity contribution in [2.45, 2.75) is 19.9 Å². The van der Waals surface area contributed by atoms with Crippen molar-refractivity contribution in [2.24, 2.45) is 5.73 Å². The fraction of sp³-hybridized carbons (Fsp3) is 0.267. The van der Waals surface area contributed by atoms with Crippen molar-refractivity contribution >= 4 is 0 Å². The van der Waals surface area contributed by atoms with Crippen LogP contribution < -0.4 is 15.2 Å². The SMILES string of the molecule is CCCOc1cccnc1Oc1cccc(F)c1CN. The van der Waals surface area contributed by atoms with Crippen molar-refractivity contribution in [3.8, 4) is 17.4 Å². The summed E-state index contributed by atoms with van der Waals surface area (Å²) in [5, 5.41) is 0. The summed E-state index contributed by atoms with van der Waals surface area (Å²) in [5.74, 6) is 0.798. The van der Waals surface area contributed by atoms with Gasteiger partial charge in [-0.05, 0) is 30.7 Å². The molecule has 0 unspecified atom stereocenters. The summed E-state index contributed by atoms with van der Waals surface area (Å²) in [6.07, 6.45) is 2.47. The lowest BCUT2D eigenvalue weighted by Crippen LogP contribution is -2.04. The Morgan fingerprint density at radius 1 is 1.20 bits per heavy atom. The molecular formula is C15H17FN2O2. The minimum absolute atomic E-state index is 0.0555. The van der Waals surface area contributed by atoms with E-state index in [-0.39, 0.29) is 6.54 Å². The zero-order valence-electron chi connectivity index (χ0n) is 11.3. The molecule has 106 valence electrons. The molecule has 2 rings (SSSR count). The van der Waals surface area contributed by atoms with Crippen molar-refractivity contribution in [1.82, 2.24) is 4.98 Å². The van der Waals surface area contributed by atoms with Crippen LogP contribution in [0.3, 0.4) is 0 Å². The second-order valence-electron chi connectivity index (χ2n) is 4.18. The Balaban J connectivity index is 2.28. The fourth-order valence-corrected chi connectivity index (χ4v) is 1.71.